The zero-order valence-electron chi connectivity index (χ0n) is 15.4. The molecule has 0 atom stereocenters. The fraction of sp³-hybridized carbons (Fsp3) is 0.750. The number of hydrogen-bond donors (Lipinski definition) is 1. The summed E-state index contributed by atoms with van der Waals surface area (Å²) in [5.74, 6) is 1.31. The van der Waals surface area contributed by atoms with Crippen molar-refractivity contribution in [2.45, 2.75) is 51.8 Å². The second kappa shape index (κ2) is 7.00. The van der Waals surface area contributed by atoms with Gasteiger partial charge in [0, 0.05) is 25.0 Å². The highest BCUT2D eigenvalue weighted by Gasteiger charge is 2.40. The summed E-state index contributed by atoms with van der Waals surface area (Å²) in [4.78, 5) is 12.3. The van der Waals surface area contributed by atoms with Crippen LogP contribution < -0.4 is 5.32 Å². The number of hydrogen-bond acceptors (Lipinski definition) is 5. The molecule has 24 heavy (non-hydrogen) atoms. The van der Waals surface area contributed by atoms with Gasteiger partial charge in [0.05, 0.1) is 22.7 Å². The molecule has 1 fully saturated rings. The van der Waals surface area contributed by atoms with E-state index in [9.17, 15) is 8.42 Å². The molecule has 1 aromatic rings. The highest BCUT2D eigenvalue weighted by Crippen LogP contribution is 2.25. The highest BCUT2D eigenvalue weighted by molar-refractivity contribution is 7.92. The summed E-state index contributed by atoms with van der Waals surface area (Å²) < 4.78 is 23.5. The zero-order chi connectivity index (χ0) is 18.1. The van der Waals surface area contributed by atoms with Crippen LogP contribution in [0.4, 0.5) is 0 Å². The first kappa shape index (κ1) is 19.2. The number of aromatic nitrogens is 1. The molecular weight excluding hydrogens is 344 g/mol. The standard InChI is InChI=1S/C16H28N4O2S2/c1-11(2)14-12(3)23-13(19-14)9-18-15(17-6)20-7-8-24(21,22)16(4,5)10-20/h11H,7-10H2,1-6H3,(H,17,18). The first-order valence-corrected chi connectivity index (χ1v) is 10.7. The molecule has 0 aliphatic carbocycles. The predicted octanol–water partition coefficient (Wildman–Crippen LogP) is 2.16. The van der Waals surface area contributed by atoms with Crippen LogP contribution in [0.2, 0.25) is 0 Å². The second-order valence-electron chi connectivity index (χ2n) is 7.10. The molecule has 1 saturated heterocycles. The summed E-state index contributed by atoms with van der Waals surface area (Å²) in [6, 6.07) is 0. The van der Waals surface area contributed by atoms with E-state index in [2.05, 4.69) is 31.1 Å². The molecule has 0 amide bonds. The van der Waals surface area contributed by atoms with E-state index < -0.39 is 14.6 Å². The first-order chi connectivity index (χ1) is 11.1. The Kier molecular flexibility index (Phi) is 5.59. The fourth-order valence-corrected chi connectivity index (χ4v) is 5.28. The smallest absolute Gasteiger partial charge is 0.194 e. The molecule has 0 saturated carbocycles. The van der Waals surface area contributed by atoms with Crippen LogP contribution in [-0.2, 0) is 16.4 Å². The molecule has 0 bridgehead atoms. The molecule has 0 spiro atoms. The number of nitrogens with one attached hydrogen (secondary N) is 1. The van der Waals surface area contributed by atoms with E-state index in [1.165, 1.54) is 4.88 Å². The second-order valence-corrected chi connectivity index (χ2v) is 11.1. The normalized spacial score (nSPS) is 20.5. The van der Waals surface area contributed by atoms with E-state index in [0.717, 1.165) is 16.7 Å². The molecule has 1 aliphatic rings. The third kappa shape index (κ3) is 3.91. The Bertz CT molecular complexity index is 720. The van der Waals surface area contributed by atoms with Crippen LogP contribution in [-0.4, -0.2) is 54.9 Å². The van der Waals surface area contributed by atoms with Crippen LogP contribution in [0.15, 0.2) is 4.99 Å². The van der Waals surface area contributed by atoms with Gasteiger partial charge in [-0.3, -0.25) is 4.99 Å². The van der Waals surface area contributed by atoms with Crippen molar-refractivity contribution in [2.24, 2.45) is 4.99 Å². The molecule has 1 N–H and O–H groups in total. The maximum Gasteiger partial charge on any atom is 0.194 e. The summed E-state index contributed by atoms with van der Waals surface area (Å²) in [7, 11) is -1.32. The van der Waals surface area contributed by atoms with Crippen molar-refractivity contribution in [3.05, 3.63) is 15.6 Å². The molecular formula is C16H28N4O2S2. The summed E-state index contributed by atoms with van der Waals surface area (Å²) in [5, 5.41) is 4.36. The Labute approximate surface area is 149 Å². The maximum absolute atomic E-state index is 12.1. The quantitative estimate of drug-likeness (QED) is 0.650. The molecule has 0 unspecified atom stereocenters. The van der Waals surface area contributed by atoms with Crippen LogP contribution in [0.25, 0.3) is 0 Å². The van der Waals surface area contributed by atoms with Gasteiger partial charge < -0.3 is 10.2 Å². The Morgan fingerprint density at radius 2 is 2.12 bits per heavy atom. The van der Waals surface area contributed by atoms with Gasteiger partial charge in [-0.2, -0.15) is 0 Å². The molecule has 0 aromatic carbocycles. The van der Waals surface area contributed by atoms with Gasteiger partial charge in [0.2, 0.25) is 0 Å². The fourth-order valence-electron chi connectivity index (χ4n) is 2.89. The van der Waals surface area contributed by atoms with Crippen molar-refractivity contribution in [3.8, 4) is 0 Å². The number of aryl methyl sites for hydroxylation is 1. The minimum atomic E-state index is -3.05. The highest BCUT2D eigenvalue weighted by atomic mass is 32.2. The van der Waals surface area contributed by atoms with Gasteiger partial charge in [-0.25, -0.2) is 13.4 Å². The van der Waals surface area contributed by atoms with Crippen molar-refractivity contribution in [1.29, 1.82) is 0 Å². The SMILES string of the molecule is CN=C(NCc1nc(C(C)C)c(C)s1)N1CCS(=O)(=O)C(C)(C)C1. The Hall–Kier alpha value is -1.15. The average molecular weight is 373 g/mol. The third-order valence-electron chi connectivity index (χ3n) is 4.38. The molecule has 2 heterocycles. The number of thiazole rings is 1. The van der Waals surface area contributed by atoms with Crippen LogP contribution in [0, 0.1) is 6.92 Å². The van der Waals surface area contributed by atoms with E-state index in [4.69, 9.17) is 4.98 Å². The molecule has 2 rings (SSSR count). The number of aliphatic imine (C=N–C) groups is 1. The van der Waals surface area contributed by atoms with Crippen molar-refractivity contribution in [1.82, 2.24) is 15.2 Å². The van der Waals surface area contributed by atoms with Gasteiger partial charge in [0.15, 0.2) is 15.8 Å². The topological polar surface area (TPSA) is 74.7 Å². The number of rotatable bonds is 3. The van der Waals surface area contributed by atoms with Crippen molar-refractivity contribution < 1.29 is 8.42 Å². The zero-order valence-corrected chi connectivity index (χ0v) is 17.0. The lowest BCUT2D eigenvalue weighted by atomic mass is 10.1. The van der Waals surface area contributed by atoms with E-state index in [-0.39, 0.29) is 5.75 Å². The maximum atomic E-state index is 12.1. The Balaban J connectivity index is 2.05. The summed E-state index contributed by atoms with van der Waals surface area (Å²) in [6.07, 6.45) is 0. The molecule has 1 aliphatic heterocycles. The lowest BCUT2D eigenvalue weighted by molar-refractivity contribution is 0.353. The van der Waals surface area contributed by atoms with Crippen LogP contribution in [0.5, 0.6) is 0 Å². The third-order valence-corrected chi connectivity index (χ3v) is 7.90. The van der Waals surface area contributed by atoms with Crippen LogP contribution in [0.3, 0.4) is 0 Å². The lowest BCUT2D eigenvalue weighted by Gasteiger charge is -2.39. The molecule has 1 aromatic heterocycles. The van der Waals surface area contributed by atoms with E-state index >= 15 is 0 Å². The van der Waals surface area contributed by atoms with Crippen LogP contribution >= 0.6 is 11.3 Å². The Morgan fingerprint density at radius 1 is 1.46 bits per heavy atom. The summed E-state index contributed by atoms with van der Waals surface area (Å²) in [6.45, 7) is 11.5. The number of sulfone groups is 1. The average Bonchev–Trinajstić information content (AvgIpc) is 2.84. The minimum absolute atomic E-state index is 0.161. The van der Waals surface area contributed by atoms with E-state index in [1.54, 1.807) is 32.2 Å². The van der Waals surface area contributed by atoms with Gasteiger partial charge >= 0.3 is 0 Å². The summed E-state index contributed by atoms with van der Waals surface area (Å²) in [5.41, 5.74) is 1.15. The van der Waals surface area contributed by atoms with Crippen LogP contribution in [0.1, 0.15) is 49.2 Å². The predicted molar refractivity (Wildman–Crippen MR) is 101 cm³/mol. The van der Waals surface area contributed by atoms with Gasteiger partial charge in [0.25, 0.3) is 0 Å². The molecule has 136 valence electrons. The van der Waals surface area contributed by atoms with Gasteiger partial charge in [-0.1, -0.05) is 13.8 Å². The minimum Gasteiger partial charge on any atom is -0.350 e. The largest absolute Gasteiger partial charge is 0.350 e. The van der Waals surface area contributed by atoms with Gasteiger partial charge in [0.1, 0.15) is 5.01 Å². The van der Waals surface area contributed by atoms with Crippen molar-refractivity contribution >= 4 is 27.1 Å². The molecule has 6 nitrogen and oxygen atoms in total. The Morgan fingerprint density at radius 3 is 2.62 bits per heavy atom. The van der Waals surface area contributed by atoms with Crippen molar-refractivity contribution in [2.75, 3.05) is 25.9 Å². The number of nitrogens with zero attached hydrogens (tertiary/aromatic N) is 3. The first-order valence-electron chi connectivity index (χ1n) is 8.21. The van der Waals surface area contributed by atoms with E-state index in [0.29, 0.717) is 25.6 Å². The molecule has 0 radical (unpaired) electrons. The monoisotopic (exact) mass is 372 g/mol. The summed E-state index contributed by atoms with van der Waals surface area (Å²) >= 11 is 1.70. The van der Waals surface area contributed by atoms with Crippen molar-refractivity contribution in [3.63, 3.8) is 0 Å². The van der Waals surface area contributed by atoms with Gasteiger partial charge in [-0.05, 0) is 26.7 Å². The molecule has 8 heteroatoms. The van der Waals surface area contributed by atoms with Gasteiger partial charge in [-0.15, -0.1) is 11.3 Å². The number of guanidine groups is 1. The lowest BCUT2D eigenvalue weighted by Crippen LogP contribution is -2.57. The van der Waals surface area contributed by atoms with E-state index in [1.807, 2.05) is 4.90 Å².